The van der Waals surface area contributed by atoms with E-state index >= 15 is 0 Å². The van der Waals surface area contributed by atoms with Gasteiger partial charge in [0, 0.05) is 25.4 Å². The molecule has 1 rings (SSSR count). The Morgan fingerprint density at radius 1 is 1.26 bits per heavy atom. The molecule has 0 aliphatic carbocycles. The summed E-state index contributed by atoms with van der Waals surface area (Å²) < 4.78 is 0. The van der Waals surface area contributed by atoms with Crippen LogP contribution in [0.3, 0.4) is 0 Å². The molecule has 1 saturated heterocycles. The number of carbonyl (C=O) groups is 3. The molecule has 1 heterocycles. The van der Waals surface area contributed by atoms with Crippen molar-refractivity contribution in [2.24, 2.45) is 5.92 Å². The van der Waals surface area contributed by atoms with Crippen molar-refractivity contribution in [2.75, 3.05) is 6.54 Å². The van der Waals surface area contributed by atoms with E-state index in [0.29, 0.717) is 12.5 Å². The summed E-state index contributed by atoms with van der Waals surface area (Å²) in [5.74, 6) is -0.907. The fourth-order valence-corrected chi connectivity index (χ4v) is 2.28. The van der Waals surface area contributed by atoms with Crippen LogP contribution in [0, 0.1) is 5.92 Å². The number of urea groups is 1. The highest BCUT2D eigenvalue weighted by Crippen LogP contribution is 2.22. The van der Waals surface area contributed by atoms with E-state index in [2.05, 4.69) is 12.2 Å². The average Bonchev–Trinajstić information content (AvgIpc) is 2.31. The zero-order valence-corrected chi connectivity index (χ0v) is 11.5. The van der Waals surface area contributed by atoms with Gasteiger partial charge < -0.3 is 10.0 Å². The standard InChI is InChI=1S/C13H22N2O4/c1-9-5-4-8-15(10(9)2)13(19)14-11(16)6-3-7-12(17)18/h9-10H,3-8H2,1-2H3,(H,17,18)(H,14,16,19). The van der Waals surface area contributed by atoms with Crippen LogP contribution in [-0.4, -0.2) is 40.5 Å². The van der Waals surface area contributed by atoms with Gasteiger partial charge in [-0.1, -0.05) is 6.92 Å². The van der Waals surface area contributed by atoms with E-state index in [-0.39, 0.29) is 31.3 Å². The molecular weight excluding hydrogens is 248 g/mol. The van der Waals surface area contributed by atoms with Gasteiger partial charge in [-0.3, -0.25) is 14.9 Å². The molecule has 1 aliphatic heterocycles. The van der Waals surface area contributed by atoms with Crippen LogP contribution < -0.4 is 5.32 Å². The number of carbonyl (C=O) groups excluding carboxylic acids is 2. The summed E-state index contributed by atoms with van der Waals surface area (Å²) >= 11 is 0. The smallest absolute Gasteiger partial charge is 0.324 e. The lowest BCUT2D eigenvalue weighted by Gasteiger charge is -2.37. The van der Waals surface area contributed by atoms with Crippen LogP contribution in [0.1, 0.15) is 46.0 Å². The minimum atomic E-state index is -0.933. The van der Waals surface area contributed by atoms with Gasteiger partial charge in [0.1, 0.15) is 0 Å². The molecule has 1 aliphatic rings. The number of nitrogens with one attached hydrogen (secondary N) is 1. The molecule has 0 aromatic rings. The number of likely N-dealkylation sites (tertiary alicyclic amines) is 1. The van der Waals surface area contributed by atoms with Crippen molar-refractivity contribution in [3.8, 4) is 0 Å². The third-order valence-corrected chi connectivity index (χ3v) is 3.68. The Morgan fingerprint density at radius 2 is 1.95 bits per heavy atom. The first-order chi connectivity index (χ1) is 8.91. The van der Waals surface area contributed by atoms with Gasteiger partial charge in [-0.2, -0.15) is 0 Å². The van der Waals surface area contributed by atoms with E-state index in [4.69, 9.17) is 5.11 Å². The largest absolute Gasteiger partial charge is 0.481 e. The molecule has 2 atom stereocenters. The minimum Gasteiger partial charge on any atom is -0.481 e. The van der Waals surface area contributed by atoms with E-state index in [1.165, 1.54) is 0 Å². The van der Waals surface area contributed by atoms with Gasteiger partial charge in [-0.25, -0.2) is 4.79 Å². The normalized spacial score (nSPS) is 22.9. The van der Waals surface area contributed by atoms with E-state index < -0.39 is 11.9 Å². The van der Waals surface area contributed by atoms with E-state index in [0.717, 1.165) is 12.8 Å². The summed E-state index contributed by atoms with van der Waals surface area (Å²) in [7, 11) is 0. The number of amides is 3. The molecule has 0 spiro atoms. The summed E-state index contributed by atoms with van der Waals surface area (Å²) in [6.45, 7) is 4.75. The second-order valence-corrected chi connectivity index (χ2v) is 5.15. The SMILES string of the molecule is CC1CCCN(C(=O)NC(=O)CCCC(=O)O)C1C. The molecule has 0 aromatic carbocycles. The van der Waals surface area contributed by atoms with Crippen LogP contribution in [0.5, 0.6) is 0 Å². The Hall–Kier alpha value is -1.59. The van der Waals surface area contributed by atoms with E-state index in [1.807, 2.05) is 6.92 Å². The lowest BCUT2D eigenvalue weighted by molar-refractivity contribution is -0.137. The number of rotatable bonds is 4. The van der Waals surface area contributed by atoms with E-state index in [1.54, 1.807) is 4.90 Å². The van der Waals surface area contributed by atoms with Crippen molar-refractivity contribution in [2.45, 2.75) is 52.0 Å². The van der Waals surface area contributed by atoms with Crippen molar-refractivity contribution in [1.82, 2.24) is 10.2 Å². The van der Waals surface area contributed by atoms with Gasteiger partial charge in [0.2, 0.25) is 5.91 Å². The molecule has 1 fully saturated rings. The van der Waals surface area contributed by atoms with Crippen LogP contribution in [-0.2, 0) is 9.59 Å². The number of imide groups is 1. The Bertz CT molecular complexity index is 357. The fraction of sp³-hybridized carbons (Fsp3) is 0.769. The number of hydrogen-bond acceptors (Lipinski definition) is 3. The summed E-state index contributed by atoms with van der Waals surface area (Å²) in [6.07, 6.45) is 2.30. The lowest BCUT2D eigenvalue weighted by atomic mass is 9.92. The van der Waals surface area contributed by atoms with Crippen molar-refractivity contribution in [1.29, 1.82) is 0 Å². The van der Waals surface area contributed by atoms with Gasteiger partial charge in [0.25, 0.3) is 0 Å². The third-order valence-electron chi connectivity index (χ3n) is 3.68. The molecule has 3 amide bonds. The maximum Gasteiger partial charge on any atom is 0.324 e. The number of carboxylic acid groups (broad SMARTS) is 1. The number of aliphatic carboxylic acids is 1. The number of hydrogen-bond donors (Lipinski definition) is 2. The zero-order valence-electron chi connectivity index (χ0n) is 11.5. The average molecular weight is 270 g/mol. The van der Waals surface area contributed by atoms with Gasteiger partial charge in [-0.15, -0.1) is 0 Å². The molecule has 0 saturated carbocycles. The molecule has 0 radical (unpaired) electrons. The van der Waals surface area contributed by atoms with Gasteiger partial charge >= 0.3 is 12.0 Å². The Kier molecular flexibility index (Phi) is 5.79. The Morgan fingerprint density at radius 3 is 2.58 bits per heavy atom. The van der Waals surface area contributed by atoms with Crippen molar-refractivity contribution >= 4 is 17.9 Å². The van der Waals surface area contributed by atoms with Crippen molar-refractivity contribution in [3.63, 3.8) is 0 Å². The molecular formula is C13H22N2O4. The lowest BCUT2D eigenvalue weighted by Crippen LogP contribution is -2.51. The molecule has 0 bridgehead atoms. The quantitative estimate of drug-likeness (QED) is 0.812. The first-order valence-electron chi connectivity index (χ1n) is 6.74. The van der Waals surface area contributed by atoms with Gasteiger partial charge in [0.05, 0.1) is 0 Å². The Balaban J connectivity index is 2.37. The van der Waals surface area contributed by atoms with Crippen LogP contribution in [0.4, 0.5) is 4.79 Å². The molecule has 2 N–H and O–H groups in total. The first kappa shape index (κ1) is 15.5. The van der Waals surface area contributed by atoms with Crippen LogP contribution >= 0.6 is 0 Å². The number of piperidine rings is 1. The molecule has 19 heavy (non-hydrogen) atoms. The summed E-state index contributed by atoms with van der Waals surface area (Å²) in [5, 5.41) is 10.8. The highest BCUT2D eigenvalue weighted by atomic mass is 16.4. The van der Waals surface area contributed by atoms with Crippen molar-refractivity contribution in [3.05, 3.63) is 0 Å². The Labute approximate surface area is 113 Å². The highest BCUT2D eigenvalue weighted by Gasteiger charge is 2.28. The van der Waals surface area contributed by atoms with Crippen molar-refractivity contribution < 1.29 is 19.5 Å². The molecule has 108 valence electrons. The summed E-state index contributed by atoms with van der Waals surface area (Å²) in [6, 6.07) is -0.236. The third kappa shape index (κ3) is 4.89. The zero-order chi connectivity index (χ0) is 14.4. The van der Waals surface area contributed by atoms with Crippen LogP contribution in [0.25, 0.3) is 0 Å². The predicted octanol–water partition coefficient (Wildman–Crippen LogP) is 1.60. The van der Waals surface area contributed by atoms with Gasteiger partial charge in [0.15, 0.2) is 0 Å². The highest BCUT2D eigenvalue weighted by molar-refractivity contribution is 5.94. The molecule has 2 unspecified atom stereocenters. The van der Waals surface area contributed by atoms with Gasteiger partial charge in [-0.05, 0) is 32.1 Å². The maximum atomic E-state index is 11.9. The first-order valence-corrected chi connectivity index (χ1v) is 6.74. The molecule has 6 nitrogen and oxygen atoms in total. The summed E-state index contributed by atoms with van der Waals surface area (Å²) in [4.78, 5) is 35.5. The fourth-order valence-electron chi connectivity index (χ4n) is 2.28. The topological polar surface area (TPSA) is 86.7 Å². The van der Waals surface area contributed by atoms with Crippen LogP contribution in [0.2, 0.25) is 0 Å². The second-order valence-electron chi connectivity index (χ2n) is 5.15. The molecule has 6 heteroatoms. The number of nitrogens with zero attached hydrogens (tertiary/aromatic N) is 1. The minimum absolute atomic E-state index is 0.0568. The number of carboxylic acids is 1. The molecule has 0 aromatic heterocycles. The van der Waals surface area contributed by atoms with E-state index in [9.17, 15) is 14.4 Å². The van der Waals surface area contributed by atoms with Crippen LogP contribution in [0.15, 0.2) is 0 Å². The second kappa shape index (κ2) is 7.11. The summed E-state index contributed by atoms with van der Waals surface area (Å²) in [5.41, 5.74) is 0. The predicted molar refractivity (Wildman–Crippen MR) is 69.6 cm³/mol. The monoisotopic (exact) mass is 270 g/mol. The maximum absolute atomic E-state index is 11.9.